The number of nitrogens with zero attached hydrogens (tertiary/aromatic N) is 1. The van der Waals surface area contributed by atoms with E-state index in [9.17, 15) is 9.90 Å². The van der Waals surface area contributed by atoms with Crippen molar-refractivity contribution >= 4 is 5.91 Å². The number of nitrogens with one attached hydrogen (secondary N) is 1. The van der Waals surface area contributed by atoms with Crippen LogP contribution in [-0.2, 0) is 4.79 Å². The summed E-state index contributed by atoms with van der Waals surface area (Å²) in [5, 5.41) is 13.4. The zero-order valence-corrected chi connectivity index (χ0v) is 13.3. The fourth-order valence-electron chi connectivity index (χ4n) is 2.38. The van der Waals surface area contributed by atoms with Crippen LogP contribution < -0.4 is 5.32 Å². The molecule has 0 saturated carbocycles. The fourth-order valence-corrected chi connectivity index (χ4v) is 2.38. The number of amides is 1. The number of aliphatic hydroxyl groups excluding tert-OH is 1. The van der Waals surface area contributed by atoms with Gasteiger partial charge in [0.15, 0.2) is 0 Å². The molecule has 0 spiro atoms. The van der Waals surface area contributed by atoms with E-state index in [4.69, 9.17) is 0 Å². The monoisotopic (exact) mass is 272 g/mol. The molecule has 0 saturated heterocycles. The fraction of sp³-hybridized carbons (Fsp3) is 0.933. The third-order valence-corrected chi connectivity index (χ3v) is 3.17. The molecule has 0 aliphatic carbocycles. The van der Waals surface area contributed by atoms with Crippen LogP contribution >= 0.6 is 0 Å². The normalized spacial score (nSPS) is 14.7. The first-order chi connectivity index (χ1) is 8.97. The topological polar surface area (TPSA) is 52.6 Å². The number of rotatable bonds is 10. The van der Waals surface area contributed by atoms with Crippen molar-refractivity contribution in [1.82, 2.24) is 10.2 Å². The van der Waals surface area contributed by atoms with E-state index >= 15 is 0 Å². The van der Waals surface area contributed by atoms with Crippen LogP contribution in [0.4, 0.5) is 0 Å². The van der Waals surface area contributed by atoms with E-state index in [-0.39, 0.29) is 11.8 Å². The van der Waals surface area contributed by atoms with Gasteiger partial charge in [-0.2, -0.15) is 0 Å². The van der Waals surface area contributed by atoms with E-state index in [1.165, 1.54) is 0 Å². The van der Waals surface area contributed by atoms with Gasteiger partial charge in [-0.3, -0.25) is 9.69 Å². The van der Waals surface area contributed by atoms with E-state index in [2.05, 4.69) is 33.0 Å². The minimum Gasteiger partial charge on any atom is -0.378 e. The molecule has 4 nitrogen and oxygen atoms in total. The lowest BCUT2D eigenvalue weighted by atomic mass is 9.93. The first-order valence-corrected chi connectivity index (χ1v) is 7.67. The summed E-state index contributed by atoms with van der Waals surface area (Å²) in [6.45, 7) is 12.6. The van der Waals surface area contributed by atoms with Crippen molar-refractivity contribution in [3.8, 4) is 0 Å². The van der Waals surface area contributed by atoms with Crippen molar-refractivity contribution in [3.05, 3.63) is 0 Å². The molecule has 1 amide bonds. The molecule has 0 aromatic heterocycles. The average molecular weight is 272 g/mol. The molecule has 2 unspecified atom stereocenters. The molecule has 19 heavy (non-hydrogen) atoms. The van der Waals surface area contributed by atoms with Crippen molar-refractivity contribution in [2.75, 3.05) is 19.6 Å². The van der Waals surface area contributed by atoms with Gasteiger partial charge in [0.05, 0.1) is 5.92 Å². The predicted octanol–water partition coefficient (Wildman–Crippen LogP) is 2.23. The molecule has 0 aliphatic rings. The summed E-state index contributed by atoms with van der Waals surface area (Å²) >= 11 is 0. The Bertz CT molecular complexity index is 238. The Hall–Kier alpha value is -0.610. The van der Waals surface area contributed by atoms with Gasteiger partial charge in [0.2, 0.25) is 5.91 Å². The molecule has 2 atom stereocenters. The van der Waals surface area contributed by atoms with Crippen LogP contribution in [0.15, 0.2) is 0 Å². The Kier molecular flexibility index (Phi) is 9.88. The third kappa shape index (κ3) is 6.92. The second-order valence-electron chi connectivity index (χ2n) is 5.58. The first-order valence-electron chi connectivity index (χ1n) is 7.67. The lowest BCUT2D eigenvalue weighted by Gasteiger charge is -2.33. The van der Waals surface area contributed by atoms with Crippen LogP contribution in [0.2, 0.25) is 0 Å². The van der Waals surface area contributed by atoms with E-state index in [0.29, 0.717) is 12.5 Å². The Morgan fingerprint density at radius 2 is 1.68 bits per heavy atom. The van der Waals surface area contributed by atoms with E-state index < -0.39 is 6.23 Å². The van der Waals surface area contributed by atoms with Gasteiger partial charge in [-0.1, -0.05) is 27.7 Å². The van der Waals surface area contributed by atoms with Crippen LogP contribution in [0, 0.1) is 11.8 Å². The maximum Gasteiger partial charge on any atom is 0.227 e. The molecule has 0 bridgehead atoms. The summed E-state index contributed by atoms with van der Waals surface area (Å²) in [5.74, 6) is 0.0336. The molecule has 0 radical (unpaired) electrons. The molecule has 0 aliphatic heterocycles. The first kappa shape index (κ1) is 18.4. The van der Waals surface area contributed by atoms with Gasteiger partial charge < -0.3 is 10.4 Å². The van der Waals surface area contributed by atoms with Gasteiger partial charge in [-0.15, -0.1) is 0 Å². The third-order valence-electron chi connectivity index (χ3n) is 3.17. The molecule has 0 heterocycles. The van der Waals surface area contributed by atoms with Gasteiger partial charge in [-0.05, 0) is 32.1 Å². The quantitative estimate of drug-likeness (QED) is 0.600. The molecule has 0 rings (SSSR count). The smallest absolute Gasteiger partial charge is 0.227 e. The number of aliphatic hydroxyl groups is 1. The van der Waals surface area contributed by atoms with Crippen molar-refractivity contribution in [2.45, 2.75) is 60.1 Å². The Labute approximate surface area is 118 Å². The highest BCUT2D eigenvalue weighted by Crippen LogP contribution is 2.19. The van der Waals surface area contributed by atoms with Crippen molar-refractivity contribution in [3.63, 3.8) is 0 Å². The van der Waals surface area contributed by atoms with E-state index in [1.54, 1.807) is 0 Å². The molecule has 0 aromatic carbocycles. The number of carbonyl (C=O) groups is 1. The zero-order valence-electron chi connectivity index (χ0n) is 13.3. The van der Waals surface area contributed by atoms with Crippen molar-refractivity contribution in [1.29, 1.82) is 0 Å². The van der Waals surface area contributed by atoms with Gasteiger partial charge in [-0.25, -0.2) is 0 Å². The molecule has 0 fully saturated rings. The lowest BCUT2D eigenvalue weighted by Crippen LogP contribution is -2.48. The van der Waals surface area contributed by atoms with Crippen LogP contribution in [0.3, 0.4) is 0 Å². The number of hydrogen-bond donors (Lipinski definition) is 2. The van der Waals surface area contributed by atoms with Crippen LogP contribution in [0.25, 0.3) is 0 Å². The highest BCUT2D eigenvalue weighted by Gasteiger charge is 2.30. The number of hydrogen-bond acceptors (Lipinski definition) is 3. The maximum absolute atomic E-state index is 12.1. The Morgan fingerprint density at radius 3 is 2.05 bits per heavy atom. The summed E-state index contributed by atoms with van der Waals surface area (Å²) in [6, 6.07) is 0. The summed E-state index contributed by atoms with van der Waals surface area (Å²) in [4.78, 5) is 14.2. The molecular formula is C15H32N2O2. The molecule has 114 valence electrons. The lowest BCUT2D eigenvalue weighted by molar-refractivity contribution is -0.136. The van der Waals surface area contributed by atoms with Crippen LogP contribution in [-0.4, -0.2) is 41.8 Å². The maximum atomic E-state index is 12.1. The number of carbonyl (C=O) groups excluding carboxylic acids is 1. The van der Waals surface area contributed by atoms with Crippen molar-refractivity contribution in [2.24, 2.45) is 11.8 Å². The van der Waals surface area contributed by atoms with Crippen molar-refractivity contribution < 1.29 is 9.90 Å². The van der Waals surface area contributed by atoms with Gasteiger partial charge >= 0.3 is 0 Å². The van der Waals surface area contributed by atoms with Gasteiger partial charge in [0.1, 0.15) is 6.23 Å². The van der Waals surface area contributed by atoms with Gasteiger partial charge in [0, 0.05) is 19.6 Å². The zero-order chi connectivity index (χ0) is 14.8. The Balaban J connectivity index is 4.82. The molecule has 2 N–H and O–H groups in total. The molecule has 0 aromatic rings. The van der Waals surface area contributed by atoms with Gasteiger partial charge in [0.25, 0.3) is 0 Å². The second-order valence-corrected chi connectivity index (χ2v) is 5.58. The summed E-state index contributed by atoms with van der Waals surface area (Å²) < 4.78 is 0. The minimum atomic E-state index is -0.672. The van der Waals surface area contributed by atoms with E-state index in [0.717, 1.165) is 32.4 Å². The highest BCUT2D eigenvalue weighted by molar-refractivity contribution is 5.79. The van der Waals surface area contributed by atoms with E-state index in [1.807, 2.05) is 11.8 Å². The standard InChI is InChI=1S/C15H32N2O2/c1-6-9-17(10-7-2)15(19)13(11-12(4)5)14(18)16-8-3/h12-13,15,19H,6-11H2,1-5H3,(H,16,18). The molecule has 4 heteroatoms. The largest absolute Gasteiger partial charge is 0.378 e. The predicted molar refractivity (Wildman–Crippen MR) is 79.8 cm³/mol. The second kappa shape index (κ2) is 10.2. The summed E-state index contributed by atoms with van der Waals surface area (Å²) in [6.07, 6.45) is 2.02. The highest BCUT2D eigenvalue weighted by atomic mass is 16.3. The SMILES string of the molecule is CCCN(CCC)C(O)C(CC(C)C)C(=O)NCC. The van der Waals surface area contributed by atoms with Crippen LogP contribution in [0.5, 0.6) is 0 Å². The van der Waals surface area contributed by atoms with Crippen LogP contribution in [0.1, 0.15) is 53.9 Å². The Morgan fingerprint density at radius 1 is 1.16 bits per heavy atom. The molecular weight excluding hydrogens is 240 g/mol. The summed E-state index contributed by atoms with van der Waals surface area (Å²) in [5.41, 5.74) is 0. The minimum absolute atomic E-state index is 0.0269. The average Bonchev–Trinajstić information content (AvgIpc) is 2.35. The summed E-state index contributed by atoms with van der Waals surface area (Å²) in [7, 11) is 0.